The van der Waals surface area contributed by atoms with Crippen molar-refractivity contribution in [1.29, 1.82) is 0 Å². The van der Waals surface area contributed by atoms with Crippen LogP contribution in [0, 0.1) is 0 Å². The molecule has 0 spiro atoms. The fourth-order valence-electron chi connectivity index (χ4n) is 3.46. The number of aromatic nitrogens is 2. The molecule has 4 rings (SSSR count). The van der Waals surface area contributed by atoms with Gasteiger partial charge < -0.3 is 20.1 Å². The van der Waals surface area contributed by atoms with Crippen LogP contribution in [-0.2, 0) is 4.79 Å². The van der Waals surface area contributed by atoms with Crippen LogP contribution in [0.4, 0.5) is 8.78 Å². The second kappa shape index (κ2) is 8.68. The standard InChI is InChI=1S/C21H20F2N4O3/c22-21(23)14-5-6-19(25-8-14)30-18-7-13-3-1-2-4-16(13)26-20(18)17-9-24-15(11-28)10-27(17)12-29/h1-8,12,15,17,21,24,28H,9-11H2/t15-,17?/m0/s1. The topological polar surface area (TPSA) is 87.6 Å². The van der Waals surface area contributed by atoms with Crippen molar-refractivity contribution in [2.45, 2.75) is 18.5 Å². The Kier molecular flexibility index (Phi) is 5.82. The molecule has 2 aromatic heterocycles. The number of aliphatic hydroxyl groups is 1. The number of rotatable bonds is 6. The number of ether oxygens (including phenoxy) is 1. The van der Waals surface area contributed by atoms with E-state index in [2.05, 4.69) is 10.3 Å². The summed E-state index contributed by atoms with van der Waals surface area (Å²) in [6, 6.07) is 11.2. The zero-order chi connectivity index (χ0) is 21.1. The van der Waals surface area contributed by atoms with E-state index in [1.165, 1.54) is 12.1 Å². The van der Waals surface area contributed by atoms with Crippen molar-refractivity contribution in [1.82, 2.24) is 20.2 Å². The second-order valence-electron chi connectivity index (χ2n) is 7.00. The second-order valence-corrected chi connectivity index (χ2v) is 7.00. The number of carbonyl (C=O) groups excluding carboxylic acids is 1. The largest absolute Gasteiger partial charge is 0.437 e. The molecule has 156 valence electrons. The van der Waals surface area contributed by atoms with Gasteiger partial charge in [0.1, 0.15) is 5.69 Å². The lowest BCUT2D eigenvalue weighted by atomic mass is 10.0. The zero-order valence-corrected chi connectivity index (χ0v) is 15.9. The molecule has 1 saturated heterocycles. The van der Waals surface area contributed by atoms with E-state index in [-0.39, 0.29) is 24.1 Å². The summed E-state index contributed by atoms with van der Waals surface area (Å²) in [6.07, 6.45) is -0.817. The first kappa shape index (κ1) is 20.1. The Balaban J connectivity index is 1.73. The van der Waals surface area contributed by atoms with Gasteiger partial charge in [0.2, 0.25) is 12.3 Å². The lowest BCUT2D eigenvalue weighted by Gasteiger charge is -2.37. The number of halogens is 2. The Labute approximate surface area is 171 Å². The molecular formula is C21H20F2N4O3. The van der Waals surface area contributed by atoms with Gasteiger partial charge in [0.15, 0.2) is 5.75 Å². The molecule has 2 atom stereocenters. The van der Waals surface area contributed by atoms with Crippen molar-refractivity contribution in [3.63, 3.8) is 0 Å². The van der Waals surface area contributed by atoms with Gasteiger partial charge in [-0.15, -0.1) is 0 Å². The summed E-state index contributed by atoms with van der Waals surface area (Å²) in [7, 11) is 0. The number of para-hydroxylation sites is 1. The van der Waals surface area contributed by atoms with Crippen LogP contribution in [0.1, 0.15) is 23.7 Å². The van der Waals surface area contributed by atoms with E-state index in [1.807, 2.05) is 24.3 Å². The molecule has 1 aromatic carbocycles. The third-order valence-electron chi connectivity index (χ3n) is 5.05. The number of benzene rings is 1. The van der Waals surface area contributed by atoms with Crippen molar-refractivity contribution >= 4 is 17.3 Å². The quantitative estimate of drug-likeness (QED) is 0.603. The van der Waals surface area contributed by atoms with E-state index in [9.17, 15) is 18.7 Å². The van der Waals surface area contributed by atoms with E-state index in [1.54, 1.807) is 11.0 Å². The molecule has 0 aliphatic carbocycles. The zero-order valence-electron chi connectivity index (χ0n) is 15.9. The number of nitrogens with zero attached hydrogens (tertiary/aromatic N) is 3. The number of carbonyl (C=O) groups is 1. The SMILES string of the molecule is O=CN1C[C@@H](CO)NCC1c1nc2ccccc2cc1Oc1ccc(C(F)F)cn1. The summed E-state index contributed by atoms with van der Waals surface area (Å²) < 4.78 is 31.5. The number of aliphatic hydroxyl groups excluding tert-OH is 1. The first-order chi connectivity index (χ1) is 14.6. The molecule has 0 bridgehead atoms. The molecule has 1 aliphatic rings. The summed E-state index contributed by atoms with van der Waals surface area (Å²) in [6.45, 7) is 0.606. The van der Waals surface area contributed by atoms with Gasteiger partial charge in [0.25, 0.3) is 6.43 Å². The first-order valence-corrected chi connectivity index (χ1v) is 9.46. The average Bonchev–Trinajstić information content (AvgIpc) is 2.78. The summed E-state index contributed by atoms with van der Waals surface area (Å²) in [5, 5.41) is 13.4. The molecule has 0 saturated carbocycles. The Bertz CT molecular complexity index is 1030. The maximum atomic E-state index is 12.8. The van der Waals surface area contributed by atoms with Gasteiger partial charge in [0, 0.05) is 42.3 Å². The number of piperazine rings is 1. The van der Waals surface area contributed by atoms with Gasteiger partial charge in [-0.25, -0.2) is 18.7 Å². The van der Waals surface area contributed by atoms with Gasteiger partial charge in [-0.1, -0.05) is 18.2 Å². The van der Waals surface area contributed by atoms with E-state index < -0.39 is 12.5 Å². The first-order valence-electron chi connectivity index (χ1n) is 9.46. The molecule has 9 heteroatoms. The molecule has 3 heterocycles. The van der Waals surface area contributed by atoms with Crippen molar-refractivity contribution in [2.75, 3.05) is 19.7 Å². The van der Waals surface area contributed by atoms with Crippen LogP contribution < -0.4 is 10.1 Å². The molecule has 3 aromatic rings. The molecule has 2 N–H and O–H groups in total. The molecular weight excluding hydrogens is 394 g/mol. The molecule has 1 aliphatic heterocycles. The Hall–Kier alpha value is -3.17. The van der Waals surface area contributed by atoms with Crippen LogP contribution in [0.2, 0.25) is 0 Å². The number of amides is 1. The Morgan fingerprint density at radius 3 is 2.83 bits per heavy atom. The third kappa shape index (κ3) is 4.07. The van der Waals surface area contributed by atoms with Crippen LogP contribution in [-0.4, -0.2) is 52.1 Å². The summed E-state index contributed by atoms with van der Waals surface area (Å²) >= 11 is 0. The monoisotopic (exact) mass is 414 g/mol. The van der Waals surface area contributed by atoms with E-state index in [4.69, 9.17) is 9.72 Å². The van der Waals surface area contributed by atoms with E-state index >= 15 is 0 Å². The maximum absolute atomic E-state index is 12.8. The smallest absolute Gasteiger partial charge is 0.265 e. The third-order valence-corrected chi connectivity index (χ3v) is 5.05. The lowest BCUT2D eigenvalue weighted by Crippen LogP contribution is -2.53. The van der Waals surface area contributed by atoms with Crippen molar-refractivity contribution < 1.29 is 23.4 Å². The summed E-state index contributed by atoms with van der Waals surface area (Å²) in [4.78, 5) is 21.9. The van der Waals surface area contributed by atoms with Crippen molar-refractivity contribution in [3.8, 4) is 11.6 Å². The lowest BCUT2D eigenvalue weighted by molar-refractivity contribution is -0.122. The van der Waals surface area contributed by atoms with Crippen molar-refractivity contribution in [3.05, 3.63) is 59.9 Å². The van der Waals surface area contributed by atoms with Gasteiger partial charge in [0.05, 0.1) is 18.2 Å². The highest BCUT2D eigenvalue weighted by Crippen LogP contribution is 2.34. The minimum atomic E-state index is -2.61. The molecule has 1 fully saturated rings. The van der Waals surface area contributed by atoms with Crippen LogP contribution in [0.3, 0.4) is 0 Å². The molecule has 0 radical (unpaired) electrons. The fraction of sp³-hybridized carbons (Fsp3) is 0.286. The molecule has 1 unspecified atom stereocenters. The number of alkyl halides is 2. The normalized spacial score (nSPS) is 19.3. The fourth-order valence-corrected chi connectivity index (χ4v) is 3.46. The highest BCUT2D eigenvalue weighted by atomic mass is 19.3. The summed E-state index contributed by atoms with van der Waals surface area (Å²) in [5.74, 6) is 0.527. The van der Waals surface area contributed by atoms with Gasteiger partial charge >= 0.3 is 0 Å². The summed E-state index contributed by atoms with van der Waals surface area (Å²) in [5.41, 5.74) is 1.05. The highest BCUT2D eigenvalue weighted by Gasteiger charge is 2.31. The van der Waals surface area contributed by atoms with Crippen LogP contribution >= 0.6 is 0 Å². The molecule has 1 amide bonds. The average molecular weight is 414 g/mol. The predicted octanol–water partition coefficient (Wildman–Crippen LogP) is 2.82. The van der Waals surface area contributed by atoms with E-state index in [0.717, 1.165) is 23.5 Å². The number of hydrogen-bond acceptors (Lipinski definition) is 6. The number of pyridine rings is 2. The molecule has 30 heavy (non-hydrogen) atoms. The van der Waals surface area contributed by atoms with E-state index in [0.29, 0.717) is 24.5 Å². The predicted molar refractivity (Wildman–Crippen MR) is 105 cm³/mol. The van der Waals surface area contributed by atoms with Gasteiger partial charge in [-0.3, -0.25) is 4.79 Å². The van der Waals surface area contributed by atoms with Gasteiger partial charge in [-0.05, 0) is 18.2 Å². The van der Waals surface area contributed by atoms with Crippen LogP contribution in [0.5, 0.6) is 11.6 Å². The van der Waals surface area contributed by atoms with Crippen LogP contribution in [0.15, 0.2) is 48.7 Å². The molecule has 7 nitrogen and oxygen atoms in total. The minimum Gasteiger partial charge on any atom is -0.437 e. The number of hydrogen-bond donors (Lipinski definition) is 2. The van der Waals surface area contributed by atoms with Crippen molar-refractivity contribution in [2.24, 2.45) is 0 Å². The number of fused-ring (bicyclic) bond motifs is 1. The van der Waals surface area contributed by atoms with Gasteiger partial charge in [-0.2, -0.15) is 0 Å². The number of nitrogens with one attached hydrogen (secondary N) is 1. The maximum Gasteiger partial charge on any atom is 0.265 e. The Morgan fingerprint density at radius 2 is 2.13 bits per heavy atom. The highest BCUT2D eigenvalue weighted by molar-refractivity contribution is 5.80. The Morgan fingerprint density at radius 1 is 1.30 bits per heavy atom. The minimum absolute atomic E-state index is 0.0913. The van der Waals surface area contributed by atoms with Crippen LogP contribution in [0.25, 0.3) is 10.9 Å².